The highest BCUT2D eigenvalue weighted by atomic mass is 16.5. The van der Waals surface area contributed by atoms with Crippen LogP contribution in [0.5, 0.6) is 0 Å². The van der Waals surface area contributed by atoms with Gasteiger partial charge >= 0.3 is 5.97 Å². The molecule has 0 amide bonds. The Morgan fingerprint density at radius 3 is 2.56 bits per heavy atom. The van der Waals surface area contributed by atoms with E-state index in [9.17, 15) is 4.79 Å². The maximum atomic E-state index is 10.6. The van der Waals surface area contributed by atoms with Crippen LogP contribution in [-0.2, 0) is 16.0 Å². The van der Waals surface area contributed by atoms with Gasteiger partial charge in [-0.25, -0.2) is 0 Å². The average Bonchev–Trinajstić information content (AvgIpc) is 2.29. The van der Waals surface area contributed by atoms with Crippen molar-refractivity contribution in [1.29, 1.82) is 0 Å². The van der Waals surface area contributed by atoms with Crippen molar-refractivity contribution in [3.05, 3.63) is 47.5 Å². The topological polar surface area (TPSA) is 26.3 Å². The van der Waals surface area contributed by atoms with Crippen molar-refractivity contribution in [2.24, 2.45) is 5.92 Å². The molecule has 2 nitrogen and oxygen atoms in total. The van der Waals surface area contributed by atoms with Crippen LogP contribution in [0.3, 0.4) is 0 Å². The number of allylic oxidation sites excluding steroid dienone is 1. The number of esters is 1. The van der Waals surface area contributed by atoms with Crippen molar-refractivity contribution in [1.82, 2.24) is 0 Å². The molecule has 0 aromatic heterocycles. The molecule has 0 spiro atoms. The van der Waals surface area contributed by atoms with Gasteiger partial charge in [0.15, 0.2) is 0 Å². The molecule has 2 heteroatoms. The highest BCUT2D eigenvalue weighted by molar-refractivity contribution is 5.65. The second-order valence-electron chi connectivity index (χ2n) is 4.77. The molecule has 0 saturated heterocycles. The number of carbonyl (C=O) groups is 1. The summed E-state index contributed by atoms with van der Waals surface area (Å²) in [5.74, 6) is 0.296. The molecular weight excluding hydrogens is 224 g/mol. The molecule has 0 aliphatic carbocycles. The molecular formula is C16H22O2. The number of benzene rings is 1. The van der Waals surface area contributed by atoms with Crippen molar-refractivity contribution < 1.29 is 9.53 Å². The highest BCUT2D eigenvalue weighted by Crippen LogP contribution is 2.13. The van der Waals surface area contributed by atoms with E-state index in [1.54, 1.807) is 0 Å². The van der Waals surface area contributed by atoms with Gasteiger partial charge < -0.3 is 4.74 Å². The van der Waals surface area contributed by atoms with E-state index >= 15 is 0 Å². The molecule has 0 heterocycles. The predicted molar refractivity (Wildman–Crippen MR) is 74.3 cm³/mol. The van der Waals surface area contributed by atoms with Gasteiger partial charge in [0.25, 0.3) is 0 Å². The Kier molecular flexibility index (Phi) is 6.20. The summed E-state index contributed by atoms with van der Waals surface area (Å²) in [6, 6.07) is 10.5. The van der Waals surface area contributed by atoms with E-state index in [1.807, 2.05) is 6.07 Å². The third-order valence-electron chi connectivity index (χ3n) is 2.77. The van der Waals surface area contributed by atoms with Crippen molar-refractivity contribution >= 4 is 5.97 Å². The summed E-state index contributed by atoms with van der Waals surface area (Å²) in [6.45, 7) is 6.22. The van der Waals surface area contributed by atoms with E-state index in [0.29, 0.717) is 12.5 Å². The van der Waals surface area contributed by atoms with Crippen LogP contribution in [0.25, 0.3) is 0 Å². The first-order valence-corrected chi connectivity index (χ1v) is 6.42. The van der Waals surface area contributed by atoms with Crippen LogP contribution >= 0.6 is 0 Å². The third-order valence-corrected chi connectivity index (χ3v) is 2.77. The molecule has 1 aromatic rings. The lowest BCUT2D eigenvalue weighted by Gasteiger charge is -2.09. The Hall–Kier alpha value is -1.57. The number of rotatable bonds is 6. The summed E-state index contributed by atoms with van der Waals surface area (Å²) in [5.41, 5.74) is 2.63. The van der Waals surface area contributed by atoms with Crippen LogP contribution in [0.2, 0.25) is 0 Å². The average molecular weight is 246 g/mol. The summed E-state index contributed by atoms with van der Waals surface area (Å²) < 4.78 is 4.93. The molecule has 0 aliphatic heterocycles. The Morgan fingerprint density at radius 2 is 1.94 bits per heavy atom. The standard InChI is InChI=1S/C16H22O2/c1-13(9-10-18-15(3)17)11-14(2)12-16-7-5-4-6-8-16/h4-8,11,14H,9-10,12H2,1-3H3/b13-11+/t14-/m1/s1. The van der Waals surface area contributed by atoms with Gasteiger partial charge in [-0.1, -0.05) is 48.9 Å². The minimum Gasteiger partial charge on any atom is -0.466 e. The van der Waals surface area contributed by atoms with Crippen LogP contribution in [0, 0.1) is 5.92 Å². The number of hydrogen-bond donors (Lipinski definition) is 0. The maximum absolute atomic E-state index is 10.6. The molecule has 0 bridgehead atoms. The second-order valence-corrected chi connectivity index (χ2v) is 4.77. The normalized spacial score (nSPS) is 13.2. The first-order chi connectivity index (χ1) is 8.58. The zero-order valence-corrected chi connectivity index (χ0v) is 11.5. The van der Waals surface area contributed by atoms with Crippen LogP contribution in [-0.4, -0.2) is 12.6 Å². The number of carbonyl (C=O) groups excluding carboxylic acids is 1. The quantitative estimate of drug-likeness (QED) is 0.564. The van der Waals surface area contributed by atoms with Crippen molar-refractivity contribution in [3.63, 3.8) is 0 Å². The minimum absolute atomic E-state index is 0.208. The molecule has 0 N–H and O–H groups in total. The molecule has 0 saturated carbocycles. The fourth-order valence-corrected chi connectivity index (χ4v) is 1.97. The lowest BCUT2D eigenvalue weighted by Crippen LogP contribution is -2.02. The lowest BCUT2D eigenvalue weighted by molar-refractivity contribution is -0.140. The van der Waals surface area contributed by atoms with Gasteiger partial charge in [-0.3, -0.25) is 4.79 Å². The zero-order chi connectivity index (χ0) is 13.4. The largest absolute Gasteiger partial charge is 0.466 e. The summed E-state index contributed by atoms with van der Waals surface area (Å²) in [4.78, 5) is 10.6. The van der Waals surface area contributed by atoms with Crippen molar-refractivity contribution in [2.45, 2.75) is 33.6 Å². The Balaban J connectivity index is 2.37. The van der Waals surface area contributed by atoms with Gasteiger partial charge in [0.05, 0.1) is 6.61 Å². The fraction of sp³-hybridized carbons (Fsp3) is 0.438. The van der Waals surface area contributed by atoms with E-state index in [1.165, 1.54) is 18.1 Å². The summed E-state index contributed by atoms with van der Waals surface area (Å²) in [6.07, 6.45) is 4.13. The molecule has 0 radical (unpaired) electrons. The first kappa shape index (κ1) is 14.5. The fourth-order valence-electron chi connectivity index (χ4n) is 1.97. The molecule has 1 rings (SSSR count). The SMILES string of the molecule is CC(=O)OCC/C(C)=C/[C@@H](C)Cc1ccccc1. The molecule has 0 unspecified atom stereocenters. The van der Waals surface area contributed by atoms with Crippen molar-refractivity contribution in [2.75, 3.05) is 6.61 Å². The van der Waals surface area contributed by atoms with Gasteiger partial charge in [0.2, 0.25) is 0 Å². The number of hydrogen-bond acceptors (Lipinski definition) is 2. The van der Waals surface area contributed by atoms with E-state index in [4.69, 9.17) is 4.74 Å². The Bertz CT molecular complexity index is 393. The van der Waals surface area contributed by atoms with Gasteiger partial charge in [0, 0.05) is 13.3 Å². The van der Waals surface area contributed by atoms with Crippen LogP contribution < -0.4 is 0 Å². The monoisotopic (exact) mass is 246 g/mol. The molecule has 98 valence electrons. The Labute approximate surface area is 110 Å². The molecule has 0 aliphatic rings. The third kappa shape index (κ3) is 6.24. The lowest BCUT2D eigenvalue weighted by atomic mass is 9.98. The molecule has 1 atom stereocenters. The molecule has 1 aromatic carbocycles. The van der Waals surface area contributed by atoms with Gasteiger partial charge in [0.1, 0.15) is 0 Å². The maximum Gasteiger partial charge on any atom is 0.302 e. The summed E-state index contributed by atoms with van der Waals surface area (Å²) >= 11 is 0. The van der Waals surface area contributed by atoms with E-state index < -0.39 is 0 Å². The van der Waals surface area contributed by atoms with E-state index in [0.717, 1.165) is 12.8 Å². The van der Waals surface area contributed by atoms with Crippen LogP contribution in [0.1, 0.15) is 32.8 Å². The molecule has 0 fully saturated rings. The van der Waals surface area contributed by atoms with Gasteiger partial charge in [-0.2, -0.15) is 0 Å². The highest BCUT2D eigenvalue weighted by Gasteiger charge is 2.01. The Morgan fingerprint density at radius 1 is 1.28 bits per heavy atom. The summed E-state index contributed by atoms with van der Waals surface area (Å²) in [7, 11) is 0. The smallest absolute Gasteiger partial charge is 0.302 e. The van der Waals surface area contributed by atoms with Crippen LogP contribution in [0.15, 0.2) is 42.0 Å². The molecule has 18 heavy (non-hydrogen) atoms. The van der Waals surface area contributed by atoms with Gasteiger partial charge in [-0.05, 0) is 24.8 Å². The predicted octanol–water partition coefficient (Wildman–Crippen LogP) is 3.76. The second kappa shape index (κ2) is 7.70. The van der Waals surface area contributed by atoms with Crippen LogP contribution in [0.4, 0.5) is 0 Å². The number of ether oxygens (including phenoxy) is 1. The summed E-state index contributed by atoms with van der Waals surface area (Å²) in [5, 5.41) is 0. The zero-order valence-electron chi connectivity index (χ0n) is 11.5. The van der Waals surface area contributed by atoms with E-state index in [2.05, 4.69) is 44.2 Å². The minimum atomic E-state index is -0.208. The van der Waals surface area contributed by atoms with Crippen molar-refractivity contribution in [3.8, 4) is 0 Å². The van der Waals surface area contributed by atoms with E-state index in [-0.39, 0.29) is 5.97 Å². The first-order valence-electron chi connectivity index (χ1n) is 6.42. The van der Waals surface area contributed by atoms with Gasteiger partial charge in [-0.15, -0.1) is 0 Å².